The quantitative estimate of drug-likeness (QED) is 0.132. The lowest BCUT2D eigenvalue weighted by atomic mass is 9.35. The van der Waals surface area contributed by atoms with Gasteiger partial charge in [-0.3, -0.25) is 0 Å². The third kappa shape index (κ3) is 4.50. The van der Waals surface area contributed by atoms with Gasteiger partial charge in [0.15, 0.2) is 0 Å². The average Bonchev–Trinajstić information content (AvgIpc) is 3.83. The summed E-state index contributed by atoms with van der Waals surface area (Å²) in [6, 6.07) is 72.4. The highest BCUT2D eigenvalue weighted by Gasteiger charge is 2.40. The van der Waals surface area contributed by atoms with Crippen LogP contribution < -0.4 is 25.9 Å². The Hall–Kier alpha value is -8.02. The summed E-state index contributed by atoms with van der Waals surface area (Å²) in [5, 5.41) is 9.63. The molecule has 0 unspecified atom stereocenters. The van der Waals surface area contributed by atoms with E-state index in [1.54, 1.807) is 0 Å². The fourth-order valence-electron chi connectivity index (χ4n) is 10.7. The molecule has 4 nitrogen and oxygen atoms in total. The summed E-state index contributed by atoms with van der Waals surface area (Å²) in [7, 11) is 0. The zero-order valence-corrected chi connectivity index (χ0v) is 32.8. The maximum Gasteiger partial charge on any atom is 0.260 e. The molecule has 0 radical (unpaired) electrons. The van der Waals surface area contributed by atoms with Gasteiger partial charge in [-0.15, -0.1) is 0 Å². The zero-order chi connectivity index (χ0) is 39.8. The van der Waals surface area contributed by atoms with Crippen molar-refractivity contribution < 1.29 is 9.47 Å². The lowest BCUT2D eigenvalue weighted by Gasteiger charge is -2.33. The van der Waals surface area contributed by atoms with Crippen LogP contribution in [0.25, 0.3) is 87.7 Å². The van der Waals surface area contributed by atoms with Crippen LogP contribution in [0.1, 0.15) is 0 Å². The fraction of sp³-hybridized carbons (Fsp3) is 0. The minimum atomic E-state index is 0.0237. The van der Waals surface area contributed by atoms with Crippen LogP contribution in [0, 0.1) is 0 Å². The first-order valence-corrected chi connectivity index (χ1v) is 21.0. The number of aromatic nitrogens is 2. The van der Waals surface area contributed by atoms with Gasteiger partial charge in [0.05, 0.1) is 27.8 Å². The minimum Gasteiger partial charge on any atom is -0.458 e. The van der Waals surface area contributed by atoms with Crippen LogP contribution in [0.2, 0.25) is 0 Å². The standard InChI is InChI=1S/C56H33BN2O2/c1-3-20-41-39(18-1)54(34-31-52-55-53(32-34)61-51-28-14-9-23-45(51)57(55)44-22-8-13-27-50(44)60-52)40-19-2-4-21-42(40)56(41)59-48-26-12-7-17-38(48)43-33-35(29-30-49(43)59)58-46-24-10-5-15-36(46)37-16-6-11-25-47(37)58/h1-33H. The normalized spacial score (nSPS) is 12.8. The van der Waals surface area contributed by atoms with Crippen molar-refractivity contribution in [3.8, 4) is 45.5 Å². The summed E-state index contributed by atoms with van der Waals surface area (Å²) in [5.74, 6) is 3.45. The number of nitrogens with zero attached hydrogens (tertiary/aromatic N) is 2. The Morgan fingerprint density at radius 1 is 0.328 bits per heavy atom. The van der Waals surface area contributed by atoms with Crippen molar-refractivity contribution in [3.05, 3.63) is 200 Å². The van der Waals surface area contributed by atoms with Crippen molar-refractivity contribution in [1.82, 2.24) is 9.13 Å². The number of benzene rings is 10. The number of hydrogen-bond donors (Lipinski definition) is 0. The molecule has 4 heterocycles. The van der Waals surface area contributed by atoms with Crippen LogP contribution in [-0.2, 0) is 0 Å². The molecule has 14 rings (SSSR count). The largest absolute Gasteiger partial charge is 0.458 e. The van der Waals surface area contributed by atoms with Gasteiger partial charge < -0.3 is 18.6 Å². The Kier molecular flexibility index (Phi) is 6.61. The first-order valence-electron chi connectivity index (χ1n) is 21.0. The highest BCUT2D eigenvalue weighted by molar-refractivity contribution is 6.98. The van der Waals surface area contributed by atoms with Crippen molar-refractivity contribution in [1.29, 1.82) is 0 Å². The van der Waals surface area contributed by atoms with Gasteiger partial charge >= 0.3 is 0 Å². The van der Waals surface area contributed by atoms with Gasteiger partial charge in [0, 0.05) is 43.5 Å². The van der Waals surface area contributed by atoms with Crippen LogP contribution in [0.4, 0.5) is 0 Å². The van der Waals surface area contributed by atoms with Crippen LogP contribution in [0.15, 0.2) is 200 Å². The Morgan fingerprint density at radius 2 is 0.754 bits per heavy atom. The predicted molar refractivity (Wildman–Crippen MR) is 253 cm³/mol. The molecule has 5 heteroatoms. The van der Waals surface area contributed by atoms with Crippen LogP contribution in [0.3, 0.4) is 0 Å². The second-order valence-electron chi connectivity index (χ2n) is 16.3. The van der Waals surface area contributed by atoms with Crippen molar-refractivity contribution in [2.24, 2.45) is 0 Å². The summed E-state index contributed by atoms with van der Waals surface area (Å²) in [5.41, 5.74) is 12.7. The molecule has 0 bridgehead atoms. The van der Waals surface area contributed by atoms with E-state index in [4.69, 9.17) is 9.47 Å². The zero-order valence-electron chi connectivity index (χ0n) is 32.8. The van der Waals surface area contributed by atoms with E-state index in [-0.39, 0.29) is 6.71 Å². The highest BCUT2D eigenvalue weighted by atomic mass is 16.5. The van der Waals surface area contributed by atoms with E-state index in [0.29, 0.717) is 0 Å². The van der Waals surface area contributed by atoms with Gasteiger partial charge in [-0.25, -0.2) is 0 Å². The molecule has 0 spiro atoms. The molecule has 0 N–H and O–H groups in total. The molecular weight excluding hydrogens is 743 g/mol. The highest BCUT2D eigenvalue weighted by Crippen LogP contribution is 2.47. The molecule has 0 amide bonds. The molecular formula is C56H33BN2O2. The first-order chi connectivity index (χ1) is 30.3. The summed E-state index contributed by atoms with van der Waals surface area (Å²) in [4.78, 5) is 0. The van der Waals surface area contributed by atoms with Gasteiger partial charge in [0.25, 0.3) is 6.71 Å². The molecule has 0 saturated carbocycles. The van der Waals surface area contributed by atoms with Gasteiger partial charge in [-0.05, 0) is 93.5 Å². The summed E-state index contributed by atoms with van der Waals surface area (Å²) in [6.07, 6.45) is 0. The molecule has 282 valence electrons. The van der Waals surface area contributed by atoms with E-state index in [1.165, 1.54) is 65.3 Å². The lowest BCUT2D eigenvalue weighted by Crippen LogP contribution is -2.57. The molecule has 0 aliphatic carbocycles. The van der Waals surface area contributed by atoms with Crippen LogP contribution in [0.5, 0.6) is 23.0 Å². The SMILES string of the molecule is c1ccc2c(c1)Oc1cc(-c3c4ccccc4c(-n4c5ccccc5c5cc(-n6c7ccccc7c7ccccc76)ccc54)c4ccccc34)cc3c1B2c1ccccc1O3. The van der Waals surface area contributed by atoms with E-state index in [1.807, 2.05) is 0 Å². The molecule has 2 aliphatic heterocycles. The van der Waals surface area contributed by atoms with Gasteiger partial charge in [0.2, 0.25) is 0 Å². The van der Waals surface area contributed by atoms with E-state index >= 15 is 0 Å². The fourth-order valence-corrected chi connectivity index (χ4v) is 10.7. The van der Waals surface area contributed by atoms with Crippen LogP contribution in [-0.4, -0.2) is 15.8 Å². The third-order valence-electron chi connectivity index (χ3n) is 13.2. The summed E-state index contributed by atoms with van der Waals surface area (Å²) in [6.45, 7) is 0.0237. The van der Waals surface area contributed by atoms with Crippen molar-refractivity contribution in [2.75, 3.05) is 0 Å². The van der Waals surface area contributed by atoms with Crippen molar-refractivity contribution in [2.45, 2.75) is 0 Å². The van der Waals surface area contributed by atoms with E-state index in [9.17, 15) is 0 Å². The Bertz CT molecular complexity index is 3680. The van der Waals surface area contributed by atoms with E-state index < -0.39 is 0 Å². The Morgan fingerprint density at radius 3 is 1.31 bits per heavy atom. The molecule has 2 aromatic heterocycles. The molecule has 10 aromatic carbocycles. The summed E-state index contributed by atoms with van der Waals surface area (Å²) < 4.78 is 18.5. The van der Waals surface area contributed by atoms with E-state index in [2.05, 4.69) is 209 Å². The predicted octanol–water partition coefficient (Wildman–Crippen LogP) is 12.6. The molecule has 0 atom stereocenters. The second kappa shape index (κ2) is 12.3. The third-order valence-corrected chi connectivity index (χ3v) is 13.2. The maximum absolute atomic E-state index is 6.80. The first kappa shape index (κ1) is 32.9. The lowest BCUT2D eigenvalue weighted by molar-refractivity contribution is 0.465. The van der Waals surface area contributed by atoms with Crippen molar-refractivity contribution >= 4 is 88.3 Å². The minimum absolute atomic E-state index is 0.0237. The molecule has 0 fully saturated rings. The summed E-state index contributed by atoms with van der Waals surface area (Å²) >= 11 is 0. The Balaban J connectivity index is 1.03. The molecule has 2 aliphatic rings. The molecule has 12 aromatic rings. The maximum atomic E-state index is 6.80. The Labute approximate surface area is 351 Å². The van der Waals surface area contributed by atoms with Gasteiger partial charge in [-0.2, -0.15) is 0 Å². The van der Waals surface area contributed by atoms with Gasteiger partial charge in [-0.1, -0.05) is 140 Å². The van der Waals surface area contributed by atoms with Crippen molar-refractivity contribution in [3.63, 3.8) is 0 Å². The molecule has 0 saturated heterocycles. The number of hydrogen-bond acceptors (Lipinski definition) is 2. The number of ether oxygens (including phenoxy) is 2. The van der Waals surface area contributed by atoms with Gasteiger partial charge in [0.1, 0.15) is 23.0 Å². The number of fused-ring (bicyclic) bond motifs is 12. The second-order valence-corrected chi connectivity index (χ2v) is 16.3. The van der Waals surface area contributed by atoms with E-state index in [0.717, 1.165) is 61.7 Å². The topological polar surface area (TPSA) is 28.3 Å². The number of rotatable bonds is 3. The van der Waals surface area contributed by atoms with Crippen LogP contribution >= 0.6 is 0 Å². The monoisotopic (exact) mass is 776 g/mol. The average molecular weight is 777 g/mol. The smallest absolute Gasteiger partial charge is 0.260 e. The number of para-hydroxylation sites is 5. The molecule has 61 heavy (non-hydrogen) atoms.